The Balaban J connectivity index is 2.13. The first kappa shape index (κ1) is 12.9. The molecule has 98 valence electrons. The van der Waals surface area contributed by atoms with E-state index in [0.29, 0.717) is 18.0 Å². The van der Waals surface area contributed by atoms with E-state index in [1.807, 2.05) is 6.92 Å². The number of hydrogen-bond acceptors (Lipinski definition) is 3. The fourth-order valence-corrected chi connectivity index (χ4v) is 1.62. The molecule has 1 amide bonds. The zero-order valence-corrected chi connectivity index (χ0v) is 10.5. The van der Waals surface area contributed by atoms with Crippen molar-refractivity contribution in [3.63, 3.8) is 0 Å². The number of rotatable bonds is 5. The van der Waals surface area contributed by atoms with Gasteiger partial charge in [0.15, 0.2) is 0 Å². The number of benzene rings is 1. The molecule has 0 saturated heterocycles. The number of amides is 1. The smallest absolute Gasteiger partial charge is 0.298 e. The van der Waals surface area contributed by atoms with Gasteiger partial charge < -0.3 is 15.0 Å². The van der Waals surface area contributed by atoms with E-state index in [1.54, 1.807) is 42.6 Å². The van der Waals surface area contributed by atoms with Crippen LogP contribution in [-0.4, -0.2) is 23.3 Å². The molecule has 2 aromatic rings. The van der Waals surface area contributed by atoms with Gasteiger partial charge in [0.25, 0.3) is 11.7 Å². The summed E-state index contributed by atoms with van der Waals surface area (Å²) in [5.74, 6) is -0.774. The molecule has 5 nitrogen and oxygen atoms in total. The van der Waals surface area contributed by atoms with Crippen LogP contribution in [0.2, 0.25) is 0 Å². The van der Waals surface area contributed by atoms with E-state index in [4.69, 9.17) is 4.74 Å². The van der Waals surface area contributed by atoms with Crippen molar-refractivity contribution < 1.29 is 14.3 Å². The second kappa shape index (κ2) is 5.86. The highest BCUT2D eigenvalue weighted by atomic mass is 16.5. The molecule has 0 saturated carbocycles. The lowest BCUT2D eigenvalue weighted by Crippen LogP contribution is -2.23. The van der Waals surface area contributed by atoms with E-state index in [9.17, 15) is 9.59 Å². The molecule has 0 bridgehead atoms. The quantitative estimate of drug-likeness (QED) is 0.638. The first-order valence-electron chi connectivity index (χ1n) is 5.93. The molecule has 2 N–H and O–H groups in total. The zero-order chi connectivity index (χ0) is 13.7. The molecule has 0 radical (unpaired) electrons. The Labute approximate surface area is 110 Å². The molecule has 0 atom stereocenters. The lowest BCUT2D eigenvalue weighted by atomic mass is 10.2. The number of H-pyrrole nitrogens is 1. The van der Waals surface area contributed by atoms with Crippen molar-refractivity contribution in [3.05, 3.63) is 48.3 Å². The van der Waals surface area contributed by atoms with E-state index < -0.39 is 11.7 Å². The van der Waals surface area contributed by atoms with E-state index in [2.05, 4.69) is 10.3 Å². The van der Waals surface area contributed by atoms with Crippen LogP contribution in [0.4, 0.5) is 5.69 Å². The van der Waals surface area contributed by atoms with Gasteiger partial charge in [-0.3, -0.25) is 9.59 Å². The molecule has 1 aromatic carbocycles. The summed E-state index contributed by atoms with van der Waals surface area (Å²) < 4.78 is 5.37. The molecule has 2 rings (SSSR count). The number of anilines is 1. The topological polar surface area (TPSA) is 71.2 Å². The van der Waals surface area contributed by atoms with Crippen LogP contribution in [0.25, 0.3) is 0 Å². The first-order valence-corrected chi connectivity index (χ1v) is 5.93. The molecular formula is C14H14N2O3. The van der Waals surface area contributed by atoms with Crippen LogP contribution in [0.1, 0.15) is 17.4 Å². The number of hydrogen-bond donors (Lipinski definition) is 2. The van der Waals surface area contributed by atoms with E-state index in [1.165, 1.54) is 0 Å². The Morgan fingerprint density at radius 2 is 2.00 bits per heavy atom. The number of nitrogens with one attached hydrogen (secondary N) is 2. The Bertz CT molecular complexity index is 576. The van der Waals surface area contributed by atoms with Crippen molar-refractivity contribution in [3.8, 4) is 5.75 Å². The number of para-hydroxylation sites is 2. The third-order valence-electron chi connectivity index (χ3n) is 2.48. The van der Waals surface area contributed by atoms with Crippen LogP contribution in [-0.2, 0) is 4.79 Å². The fourth-order valence-electron chi connectivity index (χ4n) is 1.62. The standard InChI is InChI=1S/C14H14N2O3/c1-2-19-12-8-4-3-6-10(12)16-14(18)13(17)11-7-5-9-15-11/h3-9,15H,2H2,1H3,(H,16,18). The highest BCUT2D eigenvalue weighted by molar-refractivity contribution is 6.46. The van der Waals surface area contributed by atoms with Crippen molar-refractivity contribution >= 4 is 17.4 Å². The van der Waals surface area contributed by atoms with Gasteiger partial charge in [-0.15, -0.1) is 0 Å². The Morgan fingerprint density at radius 1 is 1.21 bits per heavy atom. The lowest BCUT2D eigenvalue weighted by Gasteiger charge is -2.10. The second-order valence-electron chi connectivity index (χ2n) is 3.80. The number of aromatic amines is 1. The van der Waals surface area contributed by atoms with Crippen molar-refractivity contribution in [1.29, 1.82) is 0 Å². The molecule has 5 heteroatoms. The monoisotopic (exact) mass is 258 g/mol. The van der Waals surface area contributed by atoms with Crippen molar-refractivity contribution in [2.24, 2.45) is 0 Å². The van der Waals surface area contributed by atoms with Crippen LogP contribution in [0.5, 0.6) is 5.75 Å². The third-order valence-corrected chi connectivity index (χ3v) is 2.48. The largest absolute Gasteiger partial charge is 0.492 e. The van der Waals surface area contributed by atoms with Crippen LogP contribution >= 0.6 is 0 Å². The second-order valence-corrected chi connectivity index (χ2v) is 3.80. The van der Waals surface area contributed by atoms with Crippen LogP contribution in [0.3, 0.4) is 0 Å². The van der Waals surface area contributed by atoms with Crippen molar-refractivity contribution in [1.82, 2.24) is 4.98 Å². The summed E-state index contributed by atoms with van der Waals surface area (Å²) in [6.07, 6.45) is 1.59. The van der Waals surface area contributed by atoms with Gasteiger partial charge in [-0.25, -0.2) is 0 Å². The molecule has 0 aliphatic heterocycles. The maximum atomic E-state index is 11.8. The molecule has 0 aliphatic rings. The average molecular weight is 258 g/mol. The number of Topliss-reactive ketones (excluding diaryl/α,β-unsaturated/α-hetero) is 1. The minimum Gasteiger partial charge on any atom is -0.492 e. The Hall–Kier alpha value is -2.56. The number of aromatic nitrogens is 1. The maximum Gasteiger partial charge on any atom is 0.298 e. The predicted molar refractivity (Wildman–Crippen MR) is 71.4 cm³/mol. The van der Waals surface area contributed by atoms with Crippen LogP contribution in [0.15, 0.2) is 42.6 Å². The highest BCUT2D eigenvalue weighted by Gasteiger charge is 2.18. The normalized spacial score (nSPS) is 9.95. The van der Waals surface area contributed by atoms with Crippen molar-refractivity contribution in [2.75, 3.05) is 11.9 Å². The summed E-state index contributed by atoms with van der Waals surface area (Å²) in [6.45, 7) is 2.33. The summed E-state index contributed by atoms with van der Waals surface area (Å²) in [7, 11) is 0. The molecule has 1 heterocycles. The molecule has 0 fully saturated rings. The summed E-state index contributed by atoms with van der Waals surface area (Å²) in [5.41, 5.74) is 0.737. The van der Waals surface area contributed by atoms with E-state index in [-0.39, 0.29) is 5.69 Å². The first-order chi connectivity index (χ1) is 9.22. The van der Waals surface area contributed by atoms with Gasteiger partial charge in [0.05, 0.1) is 18.0 Å². The Kier molecular flexibility index (Phi) is 3.97. The molecule has 0 unspecified atom stereocenters. The average Bonchev–Trinajstić information content (AvgIpc) is 2.94. The van der Waals surface area contributed by atoms with Crippen molar-refractivity contribution in [2.45, 2.75) is 6.92 Å². The van der Waals surface area contributed by atoms with Crippen LogP contribution in [0, 0.1) is 0 Å². The zero-order valence-electron chi connectivity index (χ0n) is 10.5. The van der Waals surface area contributed by atoms with Gasteiger partial charge in [0, 0.05) is 6.20 Å². The van der Waals surface area contributed by atoms with E-state index in [0.717, 1.165) is 0 Å². The molecule has 0 spiro atoms. The minimum atomic E-state index is -0.699. The summed E-state index contributed by atoms with van der Waals surface area (Å²) in [6, 6.07) is 10.2. The number of ketones is 1. The third kappa shape index (κ3) is 3.01. The summed E-state index contributed by atoms with van der Waals surface area (Å²) in [4.78, 5) is 26.3. The highest BCUT2D eigenvalue weighted by Crippen LogP contribution is 2.23. The number of carbonyl (C=O) groups excluding carboxylic acids is 2. The minimum absolute atomic E-state index is 0.256. The fraction of sp³-hybridized carbons (Fsp3) is 0.143. The van der Waals surface area contributed by atoms with Crippen LogP contribution < -0.4 is 10.1 Å². The van der Waals surface area contributed by atoms with Gasteiger partial charge >= 0.3 is 0 Å². The maximum absolute atomic E-state index is 11.8. The SMILES string of the molecule is CCOc1ccccc1NC(=O)C(=O)c1ccc[nH]1. The molecule has 19 heavy (non-hydrogen) atoms. The van der Waals surface area contributed by atoms with Gasteiger partial charge in [-0.05, 0) is 31.2 Å². The van der Waals surface area contributed by atoms with Gasteiger partial charge in [-0.1, -0.05) is 12.1 Å². The number of ether oxygens (including phenoxy) is 1. The molecule has 0 aliphatic carbocycles. The molecule has 1 aromatic heterocycles. The number of carbonyl (C=O) groups is 2. The Morgan fingerprint density at radius 3 is 2.68 bits per heavy atom. The lowest BCUT2D eigenvalue weighted by molar-refractivity contribution is -0.112. The summed E-state index contributed by atoms with van der Waals surface area (Å²) in [5, 5.41) is 2.55. The summed E-state index contributed by atoms with van der Waals surface area (Å²) >= 11 is 0. The molecular weight excluding hydrogens is 244 g/mol. The van der Waals surface area contributed by atoms with Gasteiger partial charge in [-0.2, -0.15) is 0 Å². The van der Waals surface area contributed by atoms with Gasteiger partial charge in [0.2, 0.25) is 0 Å². The van der Waals surface area contributed by atoms with E-state index >= 15 is 0 Å². The predicted octanol–water partition coefficient (Wildman–Crippen LogP) is 2.23. The van der Waals surface area contributed by atoms with Gasteiger partial charge in [0.1, 0.15) is 5.75 Å².